The van der Waals surface area contributed by atoms with Gasteiger partial charge in [0, 0.05) is 39.3 Å². The molecule has 0 bridgehead atoms. The van der Waals surface area contributed by atoms with Gasteiger partial charge < -0.3 is 9.64 Å². The molecule has 2 aliphatic heterocycles. The highest BCUT2D eigenvalue weighted by atomic mass is 35.5. The fourth-order valence-electron chi connectivity index (χ4n) is 3.81. The van der Waals surface area contributed by atoms with Gasteiger partial charge in [0.1, 0.15) is 5.02 Å². The summed E-state index contributed by atoms with van der Waals surface area (Å²) >= 11 is 6.43. The fourth-order valence-corrected chi connectivity index (χ4v) is 4.08. The zero-order chi connectivity index (χ0) is 18.6. The van der Waals surface area contributed by atoms with Crippen LogP contribution in [0.5, 0.6) is 0 Å². The van der Waals surface area contributed by atoms with Crippen LogP contribution in [0.25, 0.3) is 0 Å². The number of rotatable bonds is 5. The summed E-state index contributed by atoms with van der Waals surface area (Å²) in [5.74, 6) is 0.656. The standard InChI is InChI=1S/C20H25ClN4O2/c21-19-18(12-22-25(20(19)26)14-16-4-2-1-3-5-16)24-9-7-23(8-10-24)13-17-6-11-27-15-17/h1-5,12,17H,6-11,13-15H2. The molecule has 1 unspecified atom stereocenters. The van der Waals surface area contributed by atoms with Gasteiger partial charge >= 0.3 is 0 Å². The number of hydrogen-bond acceptors (Lipinski definition) is 5. The van der Waals surface area contributed by atoms with Gasteiger partial charge in [0.2, 0.25) is 0 Å². The van der Waals surface area contributed by atoms with Crippen LogP contribution in [-0.4, -0.2) is 60.6 Å². The molecule has 1 atom stereocenters. The van der Waals surface area contributed by atoms with E-state index in [0.717, 1.165) is 63.6 Å². The predicted octanol–water partition coefficient (Wildman–Crippen LogP) is 2.10. The summed E-state index contributed by atoms with van der Waals surface area (Å²) in [7, 11) is 0. The fraction of sp³-hybridized carbons (Fsp3) is 0.500. The maximum atomic E-state index is 12.6. The molecule has 4 rings (SSSR count). The molecule has 1 aromatic carbocycles. The second kappa shape index (κ2) is 8.42. The molecule has 2 saturated heterocycles. The molecule has 7 heteroatoms. The highest BCUT2D eigenvalue weighted by molar-refractivity contribution is 6.33. The second-order valence-electron chi connectivity index (χ2n) is 7.31. The van der Waals surface area contributed by atoms with Crippen molar-refractivity contribution in [1.29, 1.82) is 0 Å². The molecule has 0 saturated carbocycles. The maximum Gasteiger partial charge on any atom is 0.287 e. The van der Waals surface area contributed by atoms with Crippen LogP contribution in [0.4, 0.5) is 5.69 Å². The van der Waals surface area contributed by atoms with E-state index in [1.807, 2.05) is 30.3 Å². The Kier molecular flexibility index (Phi) is 5.76. The van der Waals surface area contributed by atoms with Crippen LogP contribution in [0.2, 0.25) is 5.02 Å². The lowest BCUT2D eigenvalue weighted by Gasteiger charge is -2.37. The van der Waals surface area contributed by atoms with Crippen molar-refractivity contribution in [2.75, 3.05) is 50.8 Å². The molecule has 0 amide bonds. The van der Waals surface area contributed by atoms with E-state index in [4.69, 9.17) is 16.3 Å². The van der Waals surface area contributed by atoms with E-state index >= 15 is 0 Å². The van der Waals surface area contributed by atoms with Crippen LogP contribution in [0.3, 0.4) is 0 Å². The van der Waals surface area contributed by atoms with Gasteiger partial charge in [-0.25, -0.2) is 4.68 Å². The molecule has 2 aliphatic rings. The predicted molar refractivity (Wildman–Crippen MR) is 107 cm³/mol. The largest absolute Gasteiger partial charge is 0.381 e. The summed E-state index contributed by atoms with van der Waals surface area (Å²) < 4.78 is 6.90. The number of piperazine rings is 1. The first-order chi connectivity index (χ1) is 13.2. The van der Waals surface area contributed by atoms with Crippen LogP contribution >= 0.6 is 11.6 Å². The van der Waals surface area contributed by atoms with Crippen molar-refractivity contribution in [2.24, 2.45) is 5.92 Å². The number of hydrogen-bond donors (Lipinski definition) is 0. The van der Waals surface area contributed by atoms with Crippen LogP contribution < -0.4 is 10.5 Å². The monoisotopic (exact) mass is 388 g/mol. The molecule has 0 N–H and O–H groups in total. The summed E-state index contributed by atoms with van der Waals surface area (Å²) in [6.07, 6.45) is 2.89. The average Bonchev–Trinajstić information content (AvgIpc) is 3.20. The third-order valence-electron chi connectivity index (χ3n) is 5.40. The van der Waals surface area contributed by atoms with Gasteiger partial charge in [-0.3, -0.25) is 9.69 Å². The molecule has 6 nitrogen and oxygen atoms in total. The van der Waals surface area contributed by atoms with Crippen molar-refractivity contribution < 1.29 is 4.74 Å². The highest BCUT2D eigenvalue weighted by Gasteiger charge is 2.24. The van der Waals surface area contributed by atoms with Crippen molar-refractivity contribution in [2.45, 2.75) is 13.0 Å². The molecule has 1 aromatic heterocycles. The smallest absolute Gasteiger partial charge is 0.287 e. The van der Waals surface area contributed by atoms with Crippen LogP contribution in [0.15, 0.2) is 41.3 Å². The van der Waals surface area contributed by atoms with Crippen molar-refractivity contribution >= 4 is 17.3 Å². The van der Waals surface area contributed by atoms with E-state index in [1.165, 1.54) is 4.68 Å². The average molecular weight is 389 g/mol. The molecule has 27 heavy (non-hydrogen) atoms. The Hall–Kier alpha value is -1.89. The van der Waals surface area contributed by atoms with Crippen molar-refractivity contribution in [3.8, 4) is 0 Å². The Morgan fingerprint density at radius 3 is 2.63 bits per heavy atom. The van der Waals surface area contributed by atoms with Gasteiger partial charge in [-0.15, -0.1) is 0 Å². The van der Waals surface area contributed by atoms with Crippen molar-refractivity contribution in [3.63, 3.8) is 0 Å². The second-order valence-corrected chi connectivity index (χ2v) is 7.69. The SMILES string of the molecule is O=c1c(Cl)c(N2CCN(CC3CCOC3)CC2)cnn1Cc1ccccc1. The van der Waals surface area contributed by atoms with Crippen LogP contribution in [0, 0.1) is 5.92 Å². The van der Waals surface area contributed by atoms with Gasteiger partial charge in [0.05, 0.1) is 25.0 Å². The first-order valence-corrected chi connectivity index (χ1v) is 9.93. The minimum atomic E-state index is -0.233. The van der Waals surface area contributed by atoms with Gasteiger partial charge in [-0.1, -0.05) is 41.9 Å². The van der Waals surface area contributed by atoms with E-state index in [9.17, 15) is 4.79 Å². The zero-order valence-electron chi connectivity index (χ0n) is 15.4. The lowest BCUT2D eigenvalue weighted by molar-refractivity contribution is 0.164. The Balaban J connectivity index is 1.40. The first kappa shape index (κ1) is 18.5. The number of aromatic nitrogens is 2. The third-order valence-corrected chi connectivity index (χ3v) is 5.75. The van der Waals surface area contributed by atoms with E-state index in [-0.39, 0.29) is 10.6 Å². The molecule has 0 spiro atoms. The van der Waals surface area contributed by atoms with E-state index in [0.29, 0.717) is 12.5 Å². The number of anilines is 1. The van der Waals surface area contributed by atoms with Crippen molar-refractivity contribution in [3.05, 3.63) is 57.5 Å². The van der Waals surface area contributed by atoms with Gasteiger partial charge in [-0.2, -0.15) is 5.10 Å². The summed E-state index contributed by atoms with van der Waals surface area (Å²) in [5, 5.41) is 4.62. The minimum Gasteiger partial charge on any atom is -0.381 e. The zero-order valence-corrected chi connectivity index (χ0v) is 16.1. The quantitative estimate of drug-likeness (QED) is 0.785. The minimum absolute atomic E-state index is 0.233. The van der Waals surface area contributed by atoms with E-state index < -0.39 is 0 Å². The third kappa shape index (κ3) is 4.34. The van der Waals surface area contributed by atoms with Crippen LogP contribution in [0.1, 0.15) is 12.0 Å². The topological polar surface area (TPSA) is 50.6 Å². The van der Waals surface area contributed by atoms with E-state index in [1.54, 1.807) is 6.20 Å². The van der Waals surface area contributed by atoms with Gasteiger partial charge in [-0.05, 0) is 17.9 Å². The van der Waals surface area contributed by atoms with Gasteiger partial charge in [0.25, 0.3) is 5.56 Å². The molecule has 144 valence electrons. The molecular formula is C20H25ClN4O2. The Labute approximate surface area is 164 Å². The Bertz CT molecular complexity index is 812. The normalized spacial score (nSPS) is 20.9. The summed E-state index contributed by atoms with van der Waals surface area (Å²) in [4.78, 5) is 17.3. The summed E-state index contributed by atoms with van der Waals surface area (Å²) in [5.41, 5.74) is 1.54. The highest BCUT2D eigenvalue weighted by Crippen LogP contribution is 2.23. The lowest BCUT2D eigenvalue weighted by Crippen LogP contribution is -2.48. The molecule has 2 fully saturated rings. The molecule has 0 aliphatic carbocycles. The van der Waals surface area contributed by atoms with Gasteiger partial charge in [0.15, 0.2) is 0 Å². The molecule has 2 aromatic rings. The van der Waals surface area contributed by atoms with Crippen LogP contribution in [-0.2, 0) is 11.3 Å². The molecule has 0 radical (unpaired) electrons. The number of ether oxygens (including phenoxy) is 1. The van der Waals surface area contributed by atoms with E-state index in [2.05, 4.69) is 14.9 Å². The number of nitrogens with zero attached hydrogens (tertiary/aromatic N) is 4. The maximum absolute atomic E-state index is 12.6. The summed E-state index contributed by atoms with van der Waals surface area (Å²) in [6, 6.07) is 9.81. The first-order valence-electron chi connectivity index (χ1n) is 9.55. The molecule has 3 heterocycles. The lowest BCUT2D eigenvalue weighted by atomic mass is 10.1. The summed E-state index contributed by atoms with van der Waals surface area (Å²) in [6.45, 7) is 6.96. The number of halogens is 1. The van der Waals surface area contributed by atoms with Crippen molar-refractivity contribution in [1.82, 2.24) is 14.7 Å². The Morgan fingerprint density at radius 2 is 1.93 bits per heavy atom. The molecular weight excluding hydrogens is 364 g/mol. The Morgan fingerprint density at radius 1 is 1.15 bits per heavy atom. The number of benzene rings is 1.